The Morgan fingerprint density at radius 3 is 2.20 bits per heavy atom. The third-order valence-electron chi connectivity index (χ3n) is 11.4. The Kier molecular flexibility index (Phi) is 6.03. The van der Waals surface area contributed by atoms with Gasteiger partial charge in [-0.1, -0.05) is 107 Å². The number of hydrogen-bond donors (Lipinski definition) is 1. The van der Waals surface area contributed by atoms with Crippen molar-refractivity contribution in [2.24, 2.45) is 22.0 Å². The van der Waals surface area contributed by atoms with Crippen molar-refractivity contribution in [2.75, 3.05) is 0 Å². The Balaban J connectivity index is 1.61. The summed E-state index contributed by atoms with van der Waals surface area (Å²) in [5.74, 6) is 0. The lowest BCUT2D eigenvalue weighted by Crippen LogP contribution is -2.52. The second-order valence-electron chi connectivity index (χ2n) is 13.9. The van der Waals surface area contributed by atoms with E-state index in [0.29, 0.717) is 5.70 Å². The van der Waals surface area contributed by atoms with Crippen LogP contribution in [-0.2, 0) is 12.8 Å². The molecule has 0 bridgehead atoms. The second kappa shape index (κ2) is 8.96. The molecule has 0 spiro atoms. The Morgan fingerprint density at radius 1 is 0.878 bits per heavy atom. The molecule has 210 valence electrons. The van der Waals surface area contributed by atoms with Crippen molar-refractivity contribution in [1.29, 1.82) is 0 Å². The van der Waals surface area contributed by atoms with E-state index in [4.69, 9.17) is 18.9 Å². The highest BCUT2D eigenvalue weighted by atomic mass is 14.7. The van der Waals surface area contributed by atoms with Gasteiger partial charge in [-0.3, -0.25) is 0 Å². The first kappa shape index (κ1) is 27.6. The van der Waals surface area contributed by atoms with E-state index < -0.39 is 0 Å². The Hall–Kier alpha value is -3.58. The van der Waals surface area contributed by atoms with E-state index in [1.54, 1.807) is 0 Å². The molecule has 0 saturated carbocycles. The van der Waals surface area contributed by atoms with E-state index in [1.807, 2.05) is 0 Å². The van der Waals surface area contributed by atoms with Crippen LogP contribution in [0.3, 0.4) is 0 Å². The monoisotopic (exact) mass is 539 g/mol. The first-order chi connectivity index (χ1) is 19.3. The normalized spacial score (nSPS) is 27.6. The van der Waals surface area contributed by atoms with Gasteiger partial charge in [0.05, 0.1) is 0 Å². The molecule has 3 aromatic carbocycles. The Morgan fingerprint density at radius 2 is 1.54 bits per heavy atom. The summed E-state index contributed by atoms with van der Waals surface area (Å²) in [6.07, 6.45) is 4.11. The van der Waals surface area contributed by atoms with Crippen LogP contribution in [0.5, 0.6) is 0 Å². The van der Waals surface area contributed by atoms with Crippen LogP contribution < -0.4 is 5.73 Å². The zero-order valence-corrected chi connectivity index (χ0v) is 26.1. The first-order valence-electron chi connectivity index (χ1n) is 15.2. The van der Waals surface area contributed by atoms with Gasteiger partial charge in [0.1, 0.15) is 0 Å². The van der Waals surface area contributed by atoms with Gasteiger partial charge in [-0.25, -0.2) is 0 Å². The predicted octanol–water partition coefficient (Wildman–Crippen LogP) is 10.4. The van der Waals surface area contributed by atoms with E-state index in [0.717, 1.165) is 36.8 Å². The zero-order chi connectivity index (χ0) is 29.6. The highest BCUT2D eigenvalue weighted by Crippen LogP contribution is 2.70. The predicted molar refractivity (Wildman–Crippen MR) is 178 cm³/mol. The van der Waals surface area contributed by atoms with Crippen LogP contribution in [0.4, 0.5) is 0 Å². The fourth-order valence-electron chi connectivity index (χ4n) is 9.54. The van der Waals surface area contributed by atoms with Crippen molar-refractivity contribution >= 4 is 16.3 Å². The van der Waals surface area contributed by atoms with E-state index >= 15 is 0 Å². The standard InChI is InChI=1S/C40H45N/c1-11-29-17-19-32(31-15-13-12-14-30(29)31)33-18-16-23(2)35-25(4)37-27(6)40(10)26(5)36(28(7)41)24(3)20-39(40,9)22-38(37,8)21-34(33)35/h12-19H,4-5,7,11,20-22,41H2,1-3,6,8-10H3/t38-,39+,40-/m0/s1. The van der Waals surface area contributed by atoms with Gasteiger partial charge >= 0.3 is 0 Å². The smallest absolute Gasteiger partial charge is 0.0316 e. The SMILES string of the molecule is C=C(N)C1=C(C)C[C@]2(C)C[C@]3(C)Cc4c(-c5ccc(CC)c6ccccc56)ccc(C)c4C(=C)C3=C(C)[C@]2(C)C1=C. The minimum absolute atomic E-state index is 0.0205. The molecule has 3 aliphatic rings. The highest BCUT2D eigenvalue weighted by molar-refractivity contribution is 6.01. The summed E-state index contributed by atoms with van der Waals surface area (Å²) in [4.78, 5) is 0. The average molecular weight is 540 g/mol. The quantitative estimate of drug-likeness (QED) is 0.352. The van der Waals surface area contributed by atoms with Crippen LogP contribution in [0, 0.1) is 23.2 Å². The molecule has 1 heteroatoms. The van der Waals surface area contributed by atoms with Gasteiger partial charge in [0.25, 0.3) is 0 Å². The van der Waals surface area contributed by atoms with Gasteiger partial charge in [0, 0.05) is 11.1 Å². The third kappa shape index (κ3) is 3.54. The lowest BCUT2D eigenvalue weighted by Gasteiger charge is -2.62. The number of hydrogen-bond acceptors (Lipinski definition) is 1. The summed E-state index contributed by atoms with van der Waals surface area (Å²) in [5.41, 5.74) is 22.5. The molecule has 0 amide bonds. The van der Waals surface area contributed by atoms with Gasteiger partial charge in [-0.15, -0.1) is 0 Å². The van der Waals surface area contributed by atoms with Crippen LogP contribution in [0.1, 0.15) is 76.6 Å². The molecule has 3 atom stereocenters. The molecule has 41 heavy (non-hydrogen) atoms. The van der Waals surface area contributed by atoms with Gasteiger partial charge in [-0.2, -0.15) is 0 Å². The molecule has 0 aliphatic heterocycles. The number of rotatable bonds is 3. The van der Waals surface area contributed by atoms with Gasteiger partial charge in [0.2, 0.25) is 0 Å². The number of aryl methyl sites for hydroxylation is 2. The maximum atomic E-state index is 6.37. The summed E-state index contributed by atoms with van der Waals surface area (Å²) in [6, 6.07) is 18.3. The number of fused-ring (bicyclic) bond motifs is 4. The lowest BCUT2D eigenvalue weighted by atomic mass is 9.41. The van der Waals surface area contributed by atoms with Gasteiger partial charge < -0.3 is 5.73 Å². The van der Waals surface area contributed by atoms with Crippen molar-refractivity contribution in [3.63, 3.8) is 0 Å². The Bertz CT molecular complexity index is 1770. The number of nitrogens with two attached hydrogens (primary N) is 1. The van der Waals surface area contributed by atoms with E-state index in [2.05, 4.69) is 104 Å². The topological polar surface area (TPSA) is 26.0 Å². The lowest BCUT2D eigenvalue weighted by molar-refractivity contribution is 0.0544. The van der Waals surface area contributed by atoms with Crippen LogP contribution in [-0.4, -0.2) is 0 Å². The molecule has 0 heterocycles. The Labute approximate surface area is 247 Å². The summed E-state index contributed by atoms with van der Waals surface area (Å²) in [7, 11) is 0. The van der Waals surface area contributed by atoms with Gasteiger partial charge in [-0.05, 0) is 124 Å². The van der Waals surface area contributed by atoms with Crippen molar-refractivity contribution in [3.05, 3.63) is 124 Å². The van der Waals surface area contributed by atoms with E-state index in [1.165, 1.54) is 66.4 Å². The van der Waals surface area contributed by atoms with Crippen molar-refractivity contribution in [1.82, 2.24) is 0 Å². The molecule has 0 radical (unpaired) electrons. The summed E-state index contributed by atoms with van der Waals surface area (Å²) < 4.78 is 0. The molecular formula is C40H45N. The number of benzene rings is 3. The fraction of sp³-hybridized carbons (Fsp3) is 0.350. The van der Waals surface area contributed by atoms with Crippen molar-refractivity contribution in [2.45, 2.75) is 74.1 Å². The minimum Gasteiger partial charge on any atom is -0.399 e. The molecular weight excluding hydrogens is 494 g/mol. The molecule has 6 rings (SSSR count). The molecule has 0 unspecified atom stereocenters. The summed E-state index contributed by atoms with van der Waals surface area (Å²) in [6.45, 7) is 30.2. The summed E-state index contributed by atoms with van der Waals surface area (Å²) >= 11 is 0. The second-order valence-corrected chi connectivity index (χ2v) is 13.9. The maximum absolute atomic E-state index is 6.37. The van der Waals surface area contributed by atoms with Crippen LogP contribution >= 0.6 is 0 Å². The molecule has 2 N–H and O–H groups in total. The largest absolute Gasteiger partial charge is 0.399 e. The molecule has 0 aromatic heterocycles. The molecule has 3 aromatic rings. The first-order valence-corrected chi connectivity index (χ1v) is 15.2. The van der Waals surface area contributed by atoms with Gasteiger partial charge in [0.15, 0.2) is 0 Å². The fourth-order valence-corrected chi connectivity index (χ4v) is 9.54. The third-order valence-corrected chi connectivity index (χ3v) is 11.4. The van der Waals surface area contributed by atoms with Crippen LogP contribution in [0.15, 0.2) is 102 Å². The highest BCUT2D eigenvalue weighted by Gasteiger charge is 2.60. The van der Waals surface area contributed by atoms with Crippen molar-refractivity contribution < 1.29 is 0 Å². The van der Waals surface area contributed by atoms with Crippen molar-refractivity contribution in [3.8, 4) is 11.1 Å². The molecule has 0 fully saturated rings. The van der Waals surface area contributed by atoms with E-state index in [9.17, 15) is 0 Å². The zero-order valence-electron chi connectivity index (χ0n) is 26.1. The van der Waals surface area contributed by atoms with Crippen LogP contribution in [0.25, 0.3) is 27.5 Å². The van der Waals surface area contributed by atoms with Crippen LogP contribution in [0.2, 0.25) is 0 Å². The molecule has 3 aliphatic carbocycles. The summed E-state index contributed by atoms with van der Waals surface area (Å²) in [5, 5.41) is 2.70. The number of allylic oxidation sites excluding steroid dienone is 5. The molecule has 0 saturated heterocycles. The maximum Gasteiger partial charge on any atom is 0.0316 e. The van der Waals surface area contributed by atoms with E-state index in [-0.39, 0.29) is 16.2 Å². The average Bonchev–Trinajstić information content (AvgIpc) is 2.90. The minimum atomic E-state index is -0.211. The molecule has 1 nitrogen and oxygen atoms in total.